The van der Waals surface area contributed by atoms with Gasteiger partial charge in [-0.15, -0.1) is 0 Å². The molecule has 21 heavy (non-hydrogen) atoms. The quantitative estimate of drug-likeness (QED) is 0.731. The molecule has 0 radical (unpaired) electrons. The van der Waals surface area contributed by atoms with Gasteiger partial charge < -0.3 is 5.32 Å². The third-order valence-electron chi connectivity index (χ3n) is 2.72. The first kappa shape index (κ1) is 18.7. The van der Waals surface area contributed by atoms with E-state index < -0.39 is 9.05 Å². The molecule has 0 fully saturated rings. The average molecular weight is 417 g/mol. The number of amides is 1. The van der Waals surface area contributed by atoms with Crippen molar-refractivity contribution in [1.29, 1.82) is 0 Å². The molecule has 1 atom stereocenters. The number of carbonyl (C=O) groups is 1. The van der Waals surface area contributed by atoms with Crippen molar-refractivity contribution < 1.29 is 13.2 Å². The van der Waals surface area contributed by atoms with Crippen molar-refractivity contribution in [2.75, 3.05) is 0 Å². The molecular weight excluding hydrogens is 401 g/mol. The van der Waals surface area contributed by atoms with Crippen molar-refractivity contribution in [2.24, 2.45) is 5.92 Å². The Kier molecular flexibility index (Phi) is 6.53. The second-order valence-corrected chi connectivity index (χ2v) is 8.95. The summed E-state index contributed by atoms with van der Waals surface area (Å²) in [5, 5.41) is 2.91. The third-order valence-corrected chi connectivity index (χ3v) is 5.71. The molecule has 1 aromatic carbocycles. The number of benzene rings is 1. The van der Waals surface area contributed by atoms with Gasteiger partial charge in [-0.25, -0.2) is 8.42 Å². The normalized spacial score (nSPS) is 13.3. The number of hydrogen-bond acceptors (Lipinski definition) is 3. The number of nitrogens with one attached hydrogen (secondary N) is 1. The Labute approximate surface area is 142 Å². The maximum absolute atomic E-state index is 12.2. The van der Waals surface area contributed by atoms with Gasteiger partial charge in [-0.1, -0.05) is 25.4 Å². The Balaban J connectivity index is 3.09. The van der Waals surface area contributed by atoms with E-state index in [0.717, 1.165) is 6.42 Å². The summed E-state index contributed by atoms with van der Waals surface area (Å²) in [6.07, 6.45) is 0.816. The van der Waals surface area contributed by atoms with Crippen LogP contribution in [-0.2, 0) is 9.05 Å². The van der Waals surface area contributed by atoms with E-state index in [1.54, 1.807) is 0 Å². The number of carbonyl (C=O) groups excluding carboxylic acids is 1. The van der Waals surface area contributed by atoms with E-state index in [9.17, 15) is 13.2 Å². The molecule has 0 aliphatic rings. The van der Waals surface area contributed by atoms with Crippen LogP contribution in [0, 0.1) is 5.92 Å². The molecule has 1 N–H and O–H groups in total. The molecular formula is C13H16BrCl2NO3S. The van der Waals surface area contributed by atoms with Crippen LogP contribution in [0.25, 0.3) is 0 Å². The molecule has 8 heteroatoms. The molecule has 1 rings (SSSR count). The van der Waals surface area contributed by atoms with Crippen LogP contribution in [0.1, 0.15) is 37.6 Å². The van der Waals surface area contributed by atoms with Gasteiger partial charge in [-0.3, -0.25) is 4.79 Å². The van der Waals surface area contributed by atoms with Crippen molar-refractivity contribution in [3.63, 3.8) is 0 Å². The molecule has 1 unspecified atom stereocenters. The Hall–Kier alpha value is -0.300. The zero-order valence-electron chi connectivity index (χ0n) is 11.8. The van der Waals surface area contributed by atoms with Gasteiger partial charge >= 0.3 is 0 Å². The maximum Gasteiger partial charge on any atom is 0.262 e. The van der Waals surface area contributed by atoms with Gasteiger partial charge in [0.15, 0.2) is 0 Å². The first-order valence-corrected chi connectivity index (χ1v) is 9.75. The zero-order valence-corrected chi connectivity index (χ0v) is 15.7. The third kappa shape index (κ3) is 5.43. The Morgan fingerprint density at radius 1 is 1.33 bits per heavy atom. The smallest absolute Gasteiger partial charge is 0.262 e. The highest BCUT2D eigenvalue weighted by atomic mass is 79.9. The van der Waals surface area contributed by atoms with Crippen LogP contribution >= 0.6 is 38.2 Å². The largest absolute Gasteiger partial charge is 0.350 e. The van der Waals surface area contributed by atoms with Crippen molar-refractivity contribution >= 4 is 53.2 Å². The fourth-order valence-electron chi connectivity index (χ4n) is 1.95. The maximum atomic E-state index is 12.2. The Morgan fingerprint density at radius 2 is 1.90 bits per heavy atom. The summed E-state index contributed by atoms with van der Waals surface area (Å²) in [4.78, 5) is 11.9. The van der Waals surface area contributed by atoms with Crippen LogP contribution in [0.15, 0.2) is 21.5 Å². The van der Waals surface area contributed by atoms with Crippen LogP contribution in [0.3, 0.4) is 0 Å². The molecule has 0 aliphatic carbocycles. The predicted molar refractivity (Wildman–Crippen MR) is 88.6 cm³/mol. The molecule has 0 bridgehead atoms. The van der Waals surface area contributed by atoms with Crippen LogP contribution in [-0.4, -0.2) is 20.4 Å². The van der Waals surface area contributed by atoms with Crippen molar-refractivity contribution in [2.45, 2.75) is 38.1 Å². The van der Waals surface area contributed by atoms with Gasteiger partial charge in [0, 0.05) is 22.3 Å². The Morgan fingerprint density at radius 3 is 2.38 bits per heavy atom. The second-order valence-electron chi connectivity index (χ2n) is 5.21. The molecule has 4 nitrogen and oxygen atoms in total. The number of halogens is 3. The highest BCUT2D eigenvalue weighted by Crippen LogP contribution is 2.33. The average Bonchev–Trinajstić information content (AvgIpc) is 2.29. The molecule has 0 spiro atoms. The predicted octanol–water partition coefficient (Wildman–Crippen LogP) is 4.19. The lowest BCUT2D eigenvalue weighted by molar-refractivity contribution is 0.0936. The van der Waals surface area contributed by atoms with Gasteiger partial charge in [0.05, 0.1) is 14.4 Å². The molecule has 118 valence electrons. The van der Waals surface area contributed by atoms with E-state index in [2.05, 4.69) is 35.1 Å². The highest BCUT2D eigenvalue weighted by molar-refractivity contribution is 9.10. The van der Waals surface area contributed by atoms with Gasteiger partial charge in [0.1, 0.15) is 0 Å². The minimum Gasteiger partial charge on any atom is -0.350 e. The lowest BCUT2D eigenvalue weighted by atomic mass is 10.0. The van der Waals surface area contributed by atoms with E-state index >= 15 is 0 Å². The monoisotopic (exact) mass is 415 g/mol. The SMILES string of the molecule is CC(C)CC(C)NC(=O)c1cc(Cl)c(Br)c(S(=O)(=O)Cl)c1. The zero-order chi connectivity index (χ0) is 16.4. The summed E-state index contributed by atoms with van der Waals surface area (Å²) < 4.78 is 23.1. The van der Waals surface area contributed by atoms with Crippen molar-refractivity contribution in [3.8, 4) is 0 Å². The fourth-order valence-corrected chi connectivity index (χ4v) is 4.33. The molecule has 0 heterocycles. The Bertz CT molecular complexity index is 647. The summed E-state index contributed by atoms with van der Waals surface area (Å²) in [7, 11) is 1.34. The lowest BCUT2D eigenvalue weighted by Crippen LogP contribution is -2.33. The van der Waals surface area contributed by atoms with E-state index in [1.165, 1.54) is 12.1 Å². The lowest BCUT2D eigenvalue weighted by Gasteiger charge is -2.16. The van der Waals surface area contributed by atoms with Gasteiger partial charge in [-0.2, -0.15) is 0 Å². The first-order chi connectivity index (χ1) is 9.52. The van der Waals surface area contributed by atoms with E-state index in [1.807, 2.05) is 6.92 Å². The summed E-state index contributed by atoms with van der Waals surface area (Å²) in [6.45, 7) is 5.99. The minimum atomic E-state index is -4.00. The van der Waals surface area contributed by atoms with Crippen LogP contribution in [0.4, 0.5) is 0 Å². The van der Waals surface area contributed by atoms with Gasteiger partial charge in [0.2, 0.25) is 0 Å². The van der Waals surface area contributed by atoms with Crippen LogP contribution in [0.5, 0.6) is 0 Å². The fraction of sp³-hybridized carbons (Fsp3) is 0.462. The van der Waals surface area contributed by atoms with E-state index in [-0.39, 0.29) is 31.9 Å². The second kappa shape index (κ2) is 7.31. The molecule has 0 saturated carbocycles. The van der Waals surface area contributed by atoms with E-state index in [0.29, 0.717) is 5.92 Å². The van der Waals surface area contributed by atoms with Gasteiger partial charge in [-0.05, 0) is 47.3 Å². The minimum absolute atomic E-state index is 0.0315. The molecule has 0 aromatic heterocycles. The number of rotatable bonds is 5. The van der Waals surface area contributed by atoms with Crippen molar-refractivity contribution in [1.82, 2.24) is 5.32 Å². The van der Waals surface area contributed by atoms with Crippen LogP contribution in [0.2, 0.25) is 5.02 Å². The molecule has 1 amide bonds. The molecule has 1 aromatic rings. The van der Waals surface area contributed by atoms with E-state index in [4.69, 9.17) is 22.3 Å². The standard InChI is InChI=1S/C13H16BrCl2NO3S/c1-7(2)4-8(3)17-13(18)9-5-10(15)12(14)11(6-9)21(16,19)20/h5-8H,4H2,1-3H3,(H,17,18). The molecule has 0 aliphatic heterocycles. The summed E-state index contributed by atoms with van der Waals surface area (Å²) in [6, 6.07) is 2.57. The van der Waals surface area contributed by atoms with Crippen LogP contribution < -0.4 is 5.32 Å². The topological polar surface area (TPSA) is 63.2 Å². The summed E-state index contributed by atoms with van der Waals surface area (Å²) >= 11 is 9.00. The van der Waals surface area contributed by atoms with Crippen molar-refractivity contribution in [3.05, 3.63) is 27.2 Å². The summed E-state index contributed by atoms with van der Waals surface area (Å²) in [5.74, 6) is 0.0479. The summed E-state index contributed by atoms with van der Waals surface area (Å²) in [5.41, 5.74) is 0.151. The highest BCUT2D eigenvalue weighted by Gasteiger charge is 2.21. The first-order valence-electron chi connectivity index (χ1n) is 6.27. The molecule has 0 saturated heterocycles. The number of hydrogen-bond donors (Lipinski definition) is 1. The van der Waals surface area contributed by atoms with Gasteiger partial charge in [0.25, 0.3) is 15.0 Å².